The Labute approximate surface area is 86.1 Å². The maximum atomic E-state index is 4.72. The fourth-order valence-electron chi connectivity index (χ4n) is 2.28. The molecule has 1 aromatic heterocycles. The number of aryl methyl sites for hydroxylation is 1. The van der Waals surface area contributed by atoms with E-state index in [1.165, 1.54) is 36.5 Å². The number of imidazole rings is 1. The summed E-state index contributed by atoms with van der Waals surface area (Å²) < 4.78 is 0. The number of hydrogen-bond donors (Lipinski definition) is 1. The monoisotopic (exact) mass is 192 g/mol. The van der Waals surface area contributed by atoms with E-state index in [-0.39, 0.29) is 0 Å². The normalized spacial score (nSPS) is 21.3. The highest BCUT2D eigenvalue weighted by atomic mass is 14.9. The van der Waals surface area contributed by atoms with Gasteiger partial charge in [-0.3, -0.25) is 0 Å². The van der Waals surface area contributed by atoms with E-state index >= 15 is 0 Å². The molecule has 14 heavy (non-hydrogen) atoms. The van der Waals surface area contributed by atoms with Gasteiger partial charge in [-0.15, -0.1) is 0 Å². The van der Waals surface area contributed by atoms with Crippen LogP contribution in [0.15, 0.2) is 0 Å². The van der Waals surface area contributed by atoms with Gasteiger partial charge in [0, 0.05) is 18.0 Å². The highest BCUT2D eigenvalue weighted by Gasteiger charge is 2.20. The summed E-state index contributed by atoms with van der Waals surface area (Å²) in [5.74, 6) is 2.55. The van der Waals surface area contributed by atoms with Crippen LogP contribution >= 0.6 is 0 Å². The Morgan fingerprint density at radius 3 is 2.93 bits per heavy atom. The Morgan fingerprint density at radius 2 is 2.29 bits per heavy atom. The first-order chi connectivity index (χ1) is 6.66. The van der Waals surface area contributed by atoms with Crippen molar-refractivity contribution in [2.75, 3.05) is 0 Å². The van der Waals surface area contributed by atoms with Crippen LogP contribution in [0.2, 0.25) is 0 Å². The molecule has 0 saturated carbocycles. The lowest BCUT2D eigenvalue weighted by Gasteiger charge is -2.15. The van der Waals surface area contributed by atoms with E-state index in [1.54, 1.807) is 0 Å². The maximum absolute atomic E-state index is 4.72. The van der Waals surface area contributed by atoms with Crippen molar-refractivity contribution in [3.8, 4) is 0 Å². The van der Waals surface area contributed by atoms with Crippen molar-refractivity contribution in [1.82, 2.24) is 9.97 Å². The smallest absolute Gasteiger partial charge is 0.106 e. The largest absolute Gasteiger partial charge is 0.346 e. The minimum absolute atomic E-state index is 0.663. The van der Waals surface area contributed by atoms with E-state index in [2.05, 4.69) is 25.8 Å². The minimum Gasteiger partial charge on any atom is -0.346 e. The van der Waals surface area contributed by atoms with Gasteiger partial charge >= 0.3 is 0 Å². The summed E-state index contributed by atoms with van der Waals surface area (Å²) in [6, 6.07) is 0. The Hall–Kier alpha value is -0.790. The molecule has 2 heteroatoms. The van der Waals surface area contributed by atoms with Crippen molar-refractivity contribution in [2.45, 2.75) is 52.4 Å². The number of aromatic nitrogens is 2. The zero-order valence-corrected chi connectivity index (χ0v) is 9.43. The number of H-pyrrole nitrogens is 1. The standard InChI is InChI=1S/C12H20N2/c1-8(2)7-11-13-10-6-4-5-9(3)12(10)14-11/h8-9H,4-7H2,1-3H3,(H,13,14). The molecule has 0 aliphatic heterocycles. The summed E-state index contributed by atoms with van der Waals surface area (Å²) in [4.78, 5) is 8.20. The van der Waals surface area contributed by atoms with Gasteiger partial charge in [0.2, 0.25) is 0 Å². The minimum atomic E-state index is 0.663. The van der Waals surface area contributed by atoms with Crippen LogP contribution in [0.25, 0.3) is 0 Å². The Kier molecular flexibility index (Phi) is 2.62. The second-order valence-corrected chi connectivity index (χ2v) is 4.94. The third-order valence-electron chi connectivity index (χ3n) is 2.99. The molecule has 0 amide bonds. The molecule has 1 N–H and O–H groups in total. The van der Waals surface area contributed by atoms with Gasteiger partial charge in [0.25, 0.3) is 0 Å². The molecule has 0 bridgehead atoms. The van der Waals surface area contributed by atoms with Crippen molar-refractivity contribution in [3.63, 3.8) is 0 Å². The van der Waals surface area contributed by atoms with Gasteiger partial charge in [0.1, 0.15) is 5.82 Å². The average Bonchev–Trinajstić information content (AvgIpc) is 2.47. The third kappa shape index (κ3) is 1.84. The maximum Gasteiger partial charge on any atom is 0.106 e. The molecule has 1 unspecified atom stereocenters. The van der Waals surface area contributed by atoms with E-state index in [0.717, 1.165) is 6.42 Å². The van der Waals surface area contributed by atoms with Crippen LogP contribution in [0.3, 0.4) is 0 Å². The van der Waals surface area contributed by atoms with Crippen molar-refractivity contribution in [3.05, 3.63) is 17.2 Å². The van der Waals surface area contributed by atoms with Crippen LogP contribution in [0.5, 0.6) is 0 Å². The van der Waals surface area contributed by atoms with Crippen molar-refractivity contribution < 1.29 is 0 Å². The van der Waals surface area contributed by atoms with Gasteiger partial charge in [0.15, 0.2) is 0 Å². The molecule has 0 aromatic carbocycles. The van der Waals surface area contributed by atoms with Crippen LogP contribution in [0.4, 0.5) is 0 Å². The van der Waals surface area contributed by atoms with Gasteiger partial charge in [0.05, 0.1) is 5.69 Å². The third-order valence-corrected chi connectivity index (χ3v) is 2.99. The van der Waals surface area contributed by atoms with Crippen LogP contribution in [-0.2, 0) is 12.8 Å². The van der Waals surface area contributed by atoms with Crippen LogP contribution < -0.4 is 0 Å². The van der Waals surface area contributed by atoms with Gasteiger partial charge in [-0.25, -0.2) is 4.98 Å². The Bertz CT molecular complexity index is 312. The molecule has 1 heterocycles. The Morgan fingerprint density at radius 1 is 1.50 bits per heavy atom. The van der Waals surface area contributed by atoms with Gasteiger partial charge < -0.3 is 4.98 Å². The quantitative estimate of drug-likeness (QED) is 0.766. The molecular weight excluding hydrogens is 172 g/mol. The Balaban J connectivity index is 2.21. The average molecular weight is 192 g/mol. The fourth-order valence-corrected chi connectivity index (χ4v) is 2.28. The lowest BCUT2D eigenvalue weighted by Crippen LogP contribution is -2.05. The van der Waals surface area contributed by atoms with Gasteiger partial charge in [-0.2, -0.15) is 0 Å². The molecule has 2 rings (SSSR count). The molecule has 0 radical (unpaired) electrons. The van der Waals surface area contributed by atoms with Gasteiger partial charge in [-0.1, -0.05) is 20.8 Å². The fraction of sp³-hybridized carbons (Fsp3) is 0.750. The van der Waals surface area contributed by atoms with E-state index in [1.807, 2.05) is 0 Å². The van der Waals surface area contributed by atoms with E-state index in [9.17, 15) is 0 Å². The number of aromatic amines is 1. The predicted molar refractivity (Wildman–Crippen MR) is 58.5 cm³/mol. The number of nitrogens with one attached hydrogen (secondary N) is 1. The van der Waals surface area contributed by atoms with Crippen LogP contribution in [0, 0.1) is 5.92 Å². The molecule has 2 nitrogen and oxygen atoms in total. The zero-order valence-electron chi connectivity index (χ0n) is 9.43. The molecule has 0 saturated heterocycles. The molecule has 1 atom stereocenters. The highest BCUT2D eigenvalue weighted by Crippen LogP contribution is 2.29. The lowest BCUT2D eigenvalue weighted by atomic mass is 9.92. The molecule has 1 aliphatic carbocycles. The summed E-state index contributed by atoms with van der Waals surface area (Å²) in [6.45, 7) is 6.77. The number of fused-ring (bicyclic) bond motifs is 1. The second kappa shape index (κ2) is 3.76. The van der Waals surface area contributed by atoms with E-state index < -0.39 is 0 Å². The summed E-state index contributed by atoms with van der Waals surface area (Å²) in [7, 11) is 0. The summed E-state index contributed by atoms with van der Waals surface area (Å²) in [5, 5.41) is 0. The van der Waals surface area contributed by atoms with E-state index in [0.29, 0.717) is 11.8 Å². The first-order valence-corrected chi connectivity index (χ1v) is 5.74. The number of hydrogen-bond acceptors (Lipinski definition) is 1. The summed E-state index contributed by atoms with van der Waals surface area (Å²) in [6.07, 6.45) is 4.90. The molecule has 1 aromatic rings. The molecule has 78 valence electrons. The summed E-state index contributed by atoms with van der Waals surface area (Å²) in [5.41, 5.74) is 2.74. The highest BCUT2D eigenvalue weighted by molar-refractivity contribution is 5.21. The number of nitrogens with zero attached hydrogens (tertiary/aromatic N) is 1. The van der Waals surface area contributed by atoms with Crippen LogP contribution in [-0.4, -0.2) is 9.97 Å². The van der Waals surface area contributed by atoms with Crippen molar-refractivity contribution in [1.29, 1.82) is 0 Å². The lowest BCUT2D eigenvalue weighted by molar-refractivity contribution is 0.574. The first kappa shape index (κ1) is 9.75. The topological polar surface area (TPSA) is 28.7 Å². The zero-order chi connectivity index (χ0) is 10.1. The van der Waals surface area contributed by atoms with Gasteiger partial charge in [-0.05, 0) is 25.2 Å². The van der Waals surface area contributed by atoms with Crippen molar-refractivity contribution >= 4 is 0 Å². The van der Waals surface area contributed by atoms with Crippen molar-refractivity contribution in [2.24, 2.45) is 5.92 Å². The van der Waals surface area contributed by atoms with Crippen LogP contribution in [0.1, 0.15) is 56.7 Å². The molecular formula is C12H20N2. The SMILES string of the molecule is CC(C)Cc1nc2c([nH]1)CCCC2C. The molecule has 1 aliphatic rings. The molecule has 0 fully saturated rings. The second-order valence-electron chi connectivity index (χ2n) is 4.94. The summed E-state index contributed by atoms with van der Waals surface area (Å²) >= 11 is 0. The molecule has 0 spiro atoms. The predicted octanol–water partition coefficient (Wildman–Crippen LogP) is 3.05. The number of rotatable bonds is 2. The first-order valence-electron chi connectivity index (χ1n) is 5.74. The van der Waals surface area contributed by atoms with E-state index in [4.69, 9.17) is 4.98 Å².